The van der Waals surface area contributed by atoms with Crippen molar-refractivity contribution in [3.63, 3.8) is 0 Å². The predicted molar refractivity (Wildman–Crippen MR) is 85.6 cm³/mol. The van der Waals surface area contributed by atoms with Gasteiger partial charge in [0.2, 0.25) is 0 Å². The molecule has 1 aliphatic rings. The monoisotopic (exact) mass is 326 g/mol. The van der Waals surface area contributed by atoms with Crippen molar-refractivity contribution in [3.05, 3.63) is 28.1 Å². The van der Waals surface area contributed by atoms with Gasteiger partial charge in [-0.3, -0.25) is 10.1 Å². The van der Waals surface area contributed by atoms with Gasteiger partial charge in [-0.1, -0.05) is 13.8 Å². The first-order valence-electron chi connectivity index (χ1n) is 7.80. The van der Waals surface area contributed by atoms with Crippen LogP contribution < -0.4 is 9.64 Å². The Morgan fingerprint density at radius 1 is 1.39 bits per heavy atom. The molecule has 1 saturated heterocycles. The summed E-state index contributed by atoms with van der Waals surface area (Å²) in [5.74, 6) is -0.225. The van der Waals surface area contributed by atoms with E-state index in [0.717, 1.165) is 25.5 Å². The lowest BCUT2D eigenvalue weighted by atomic mass is 10.1. The normalized spacial score (nSPS) is 16.0. The van der Waals surface area contributed by atoms with E-state index in [-0.39, 0.29) is 17.5 Å². The van der Waals surface area contributed by atoms with Crippen LogP contribution in [0.2, 0.25) is 0 Å². The van der Waals surface area contributed by atoms with E-state index >= 15 is 0 Å². The molecular formula is C16H23FN2O4. The van der Waals surface area contributed by atoms with Gasteiger partial charge in [-0.15, -0.1) is 0 Å². The van der Waals surface area contributed by atoms with Gasteiger partial charge < -0.3 is 14.4 Å². The van der Waals surface area contributed by atoms with Gasteiger partial charge in [0, 0.05) is 25.8 Å². The van der Waals surface area contributed by atoms with Crippen molar-refractivity contribution in [1.82, 2.24) is 0 Å². The Labute approximate surface area is 135 Å². The van der Waals surface area contributed by atoms with Crippen molar-refractivity contribution in [2.45, 2.75) is 32.8 Å². The molecule has 0 radical (unpaired) electrons. The average Bonchev–Trinajstić information content (AvgIpc) is 2.53. The van der Waals surface area contributed by atoms with Crippen LogP contribution in [0.5, 0.6) is 5.75 Å². The Balaban J connectivity index is 2.12. The third kappa shape index (κ3) is 4.31. The molecule has 0 spiro atoms. The summed E-state index contributed by atoms with van der Waals surface area (Å²) in [6.45, 7) is 6.19. The summed E-state index contributed by atoms with van der Waals surface area (Å²) in [7, 11) is 1.35. The first-order valence-corrected chi connectivity index (χ1v) is 7.80. The smallest absolute Gasteiger partial charge is 0.295 e. The van der Waals surface area contributed by atoms with Gasteiger partial charge in [0.1, 0.15) is 5.69 Å². The summed E-state index contributed by atoms with van der Waals surface area (Å²) in [5, 5.41) is 11.2. The molecule has 23 heavy (non-hydrogen) atoms. The van der Waals surface area contributed by atoms with Crippen LogP contribution in [0.15, 0.2) is 12.1 Å². The van der Waals surface area contributed by atoms with Crippen LogP contribution in [0.3, 0.4) is 0 Å². The maximum absolute atomic E-state index is 13.7. The van der Waals surface area contributed by atoms with Crippen molar-refractivity contribution in [1.29, 1.82) is 0 Å². The van der Waals surface area contributed by atoms with E-state index in [0.29, 0.717) is 24.7 Å². The van der Waals surface area contributed by atoms with E-state index < -0.39 is 10.7 Å². The highest BCUT2D eigenvalue weighted by Crippen LogP contribution is 2.36. The second kappa shape index (κ2) is 7.59. The molecule has 1 aliphatic heterocycles. The molecule has 128 valence electrons. The fourth-order valence-corrected chi connectivity index (χ4v) is 2.68. The van der Waals surface area contributed by atoms with Crippen LogP contribution >= 0.6 is 0 Å². The van der Waals surface area contributed by atoms with E-state index in [1.54, 1.807) is 0 Å². The number of methoxy groups -OCH3 is 1. The second-order valence-electron chi connectivity index (χ2n) is 6.15. The molecule has 0 N–H and O–H groups in total. The topological polar surface area (TPSA) is 64.8 Å². The molecule has 2 rings (SSSR count). The SMILES string of the molecule is COc1cc(N2CCC(OCC(C)C)CC2)c([N+](=O)[O-])cc1F. The number of piperidine rings is 1. The Hall–Kier alpha value is -1.89. The lowest BCUT2D eigenvalue weighted by Crippen LogP contribution is -2.37. The first kappa shape index (κ1) is 17.5. The van der Waals surface area contributed by atoms with Crippen molar-refractivity contribution in [3.8, 4) is 5.75 Å². The Kier molecular flexibility index (Phi) is 5.76. The number of halogens is 1. The average molecular weight is 326 g/mol. The van der Waals surface area contributed by atoms with Crippen molar-refractivity contribution >= 4 is 11.4 Å². The molecular weight excluding hydrogens is 303 g/mol. The summed E-state index contributed by atoms with van der Waals surface area (Å²) in [4.78, 5) is 12.5. The van der Waals surface area contributed by atoms with Crippen molar-refractivity contribution in [2.24, 2.45) is 5.92 Å². The molecule has 0 aromatic heterocycles. The lowest BCUT2D eigenvalue weighted by Gasteiger charge is -2.33. The third-order valence-corrected chi connectivity index (χ3v) is 3.89. The molecule has 0 unspecified atom stereocenters. The molecule has 0 amide bonds. The number of nitro benzene ring substituents is 1. The van der Waals surface area contributed by atoms with Gasteiger partial charge in [-0.05, 0) is 18.8 Å². The molecule has 1 aromatic carbocycles. The first-order chi connectivity index (χ1) is 10.9. The van der Waals surface area contributed by atoms with Crippen LogP contribution in [0.1, 0.15) is 26.7 Å². The number of anilines is 1. The minimum atomic E-state index is -0.724. The Bertz CT molecular complexity index is 557. The molecule has 0 atom stereocenters. The zero-order valence-electron chi connectivity index (χ0n) is 13.8. The zero-order chi connectivity index (χ0) is 17.0. The fraction of sp³-hybridized carbons (Fsp3) is 0.625. The Morgan fingerprint density at radius 3 is 2.57 bits per heavy atom. The molecule has 6 nitrogen and oxygen atoms in total. The van der Waals surface area contributed by atoms with E-state index in [1.165, 1.54) is 13.2 Å². The van der Waals surface area contributed by atoms with Gasteiger partial charge in [0.25, 0.3) is 5.69 Å². The van der Waals surface area contributed by atoms with Gasteiger partial charge in [-0.25, -0.2) is 4.39 Å². The quantitative estimate of drug-likeness (QED) is 0.592. The summed E-state index contributed by atoms with van der Waals surface area (Å²) in [6.07, 6.45) is 1.77. The Morgan fingerprint density at radius 2 is 2.04 bits per heavy atom. The number of hydrogen-bond donors (Lipinski definition) is 0. The fourth-order valence-electron chi connectivity index (χ4n) is 2.68. The van der Waals surface area contributed by atoms with Crippen LogP contribution in [0.25, 0.3) is 0 Å². The summed E-state index contributed by atoms with van der Waals surface area (Å²) < 4.78 is 24.5. The summed E-state index contributed by atoms with van der Waals surface area (Å²) in [5.41, 5.74) is 0.167. The number of benzene rings is 1. The third-order valence-electron chi connectivity index (χ3n) is 3.89. The standard InChI is InChI=1S/C16H23FN2O4/c1-11(2)10-23-12-4-6-18(7-5-12)14-9-16(22-3)13(17)8-15(14)19(20)21/h8-9,11-12H,4-7,10H2,1-3H3. The summed E-state index contributed by atoms with van der Waals surface area (Å²) in [6, 6.07) is 2.33. The van der Waals surface area contributed by atoms with E-state index in [9.17, 15) is 14.5 Å². The predicted octanol–water partition coefficient (Wildman–Crippen LogP) is 3.38. The van der Waals surface area contributed by atoms with E-state index in [2.05, 4.69) is 13.8 Å². The largest absolute Gasteiger partial charge is 0.494 e. The highest BCUT2D eigenvalue weighted by atomic mass is 19.1. The molecule has 0 aliphatic carbocycles. The zero-order valence-corrected chi connectivity index (χ0v) is 13.8. The van der Waals surface area contributed by atoms with Gasteiger partial charge in [0.15, 0.2) is 11.6 Å². The molecule has 1 heterocycles. The number of nitro groups is 1. The maximum atomic E-state index is 13.7. The van der Waals surface area contributed by atoms with Crippen LogP contribution in [0, 0.1) is 21.8 Å². The highest BCUT2D eigenvalue weighted by molar-refractivity contribution is 5.66. The van der Waals surface area contributed by atoms with Gasteiger partial charge >= 0.3 is 0 Å². The van der Waals surface area contributed by atoms with E-state index in [4.69, 9.17) is 9.47 Å². The molecule has 7 heteroatoms. The second-order valence-corrected chi connectivity index (χ2v) is 6.15. The molecule has 1 aromatic rings. The van der Waals surface area contributed by atoms with Gasteiger partial charge in [0.05, 0.1) is 24.2 Å². The van der Waals surface area contributed by atoms with Crippen molar-refractivity contribution in [2.75, 3.05) is 31.7 Å². The minimum absolute atomic E-state index is 0.0174. The number of nitrogens with zero attached hydrogens (tertiary/aromatic N) is 2. The molecule has 0 saturated carbocycles. The van der Waals surface area contributed by atoms with E-state index in [1.807, 2.05) is 4.90 Å². The lowest BCUT2D eigenvalue weighted by molar-refractivity contribution is -0.384. The molecule has 1 fully saturated rings. The van der Waals surface area contributed by atoms with Crippen LogP contribution in [-0.4, -0.2) is 37.8 Å². The van der Waals surface area contributed by atoms with Crippen LogP contribution in [-0.2, 0) is 4.74 Å². The number of hydrogen-bond acceptors (Lipinski definition) is 5. The highest BCUT2D eigenvalue weighted by Gasteiger charge is 2.27. The summed E-state index contributed by atoms with van der Waals surface area (Å²) >= 11 is 0. The number of rotatable bonds is 6. The minimum Gasteiger partial charge on any atom is -0.494 e. The molecule has 0 bridgehead atoms. The van der Waals surface area contributed by atoms with Gasteiger partial charge in [-0.2, -0.15) is 0 Å². The maximum Gasteiger partial charge on any atom is 0.295 e. The number of ether oxygens (including phenoxy) is 2. The van der Waals surface area contributed by atoms with Crippen LogP contribution in [0.4, 0.5) is 15.8 Å². The van der Waals surface area contributed by atoms with Crippen molar-refractivity contribution < 1.29 is 18.8 Å².